The smallest absolute Gasteiger partial charge is 0.123 e. The van der Waals surface area contributed by atoms with Gasteiger partial charge in [0, 0.05) is 38.4 Å². The molecule has 0 aromatic heterocycles. The van der Waals surface area contributed by atoms with Crippen LogP contribution in [0.2, 0.25) is 0 Å². The number of piperazine rings is 1. The molecule has 0 spiro atoms. The van der Waals surface area contributed by atoms with Crippen LogP contribution in [0.5, 0.6) is 11.5 Å². The maximum atomic E-state index is 13.0. The Morgan fingerprint density at radius 3 is 2.24 bits per heavy atom. The first kappa shape index (κ1) is 17.5. The maximum Gasteiger partial charge on any atom is 0.123 e. The number of benzene rings is 2. The van der Waals surface area contributed by atoms with Gasteiger partial charge in [0.1, 0.15) is 30.0 Å². The van der Waals surface area contributed by atoms with Gasteiger partial charge >= 0.3 is 0 Å². The van der Waals surface area contributed by atoms with Gasteiger partial charge in [-0.3, -0.25) is 4.90 Å². The van der Waals surface area contributed by atoms with Crippen molar-refractivity contribution in [1.82, 2.24) is 4.90 Å². The van der Waals surface area contributed by atoms with Crippen LogP contribution in [0.15, 0.2) is 48.5 Å². The Labute approximate surface area is 146 Å². The van der Waals surface area contributed by atoms with E-state index < -0.39 is 6.10 Å². The summed E-state index contributed by atoms with van der Waals surface area (Å²) >= 11 is 0. The summed E-state index contributed by atoms with van der Waals surface area (Å²) in [5.41, 5.74) is 1.03. The Bertz CT molecular complexity index is 655. The van der Waals surface area contributed by atoms with Crippen LogP contribution < -0.4 is 9.64 Å². The van der Waals surface area contributed by atoms with E-state index >= 15 is 0 Å². The van der Waals surface area contributed by atoms with E-state index in [2.05, 4.69) is 9.80 Å². The molecule has 6 heteroatoms. The molecule has 3 rings (SSSR count). The van der Waals surface area contributed by atoms with E-state index in [0.29, 0.717) is 12.3 Å². The number of nitrogens with zero attached hydrogens (tertiary/aromatic N) is 2. The number of anilines is 1. The normalized spacial score (nSPS) is 16.6. The molecule has 0 amide bonds. The number of aromatic hydroxyl groups is 1. The number of hydrogen-bond donors (Lipinski definition) is 2. The maximum absolute atomic E-state index is 13.0. The molecule has 0 saturated carbocycles. The molecule has 1 saturated heterocycles. The molecule has 1 heterocycles. The van der Waals surface area contributed by atoms with Crippen LogP contribution >= 0.6 is 0 Å². The number of phenolic OH excluding ortho intramolecular Hbond substituents is 1. The van der Waals surface area contributed by atoms with E-state index in [1.165, 1.54) is 12.1 Å². The number of rotatable bonds is 6. The van der Waals surface area contributed by atoms with Crippen molar-refractivity contribution in [3.8, 4) is 11.5 Å². The number of ether oxygens (including phenoxy) is 1. The van der Waals surface area contributed by atoms with Gasteiger partial charge in [-0.1, -0.05) is 0 Å². The number of halogens is 1. The van der Waals surface area contributed by atoms with Gasteiger partial charge in [-0.05, 0) is 48.5 Å². The van der Waals surface area contributed by atoms with Crippen LogP contribution in [0.25, 0.3) is 0 Å². The number of phenols is 1. The summed E-state index contributed by atoms with van der Waals surface area (Å²) in [7, 11) is 0. The van der Waals surface area contributed by atoms with E-state index in [9.17, 15) is 14.6 Å². The van der Waals surface area contributed by atoms with Gasteiger partial charge in [0.05, 0.1) is 0 Å². The monoisotopic (exact) mass is 346 g/mol. The lowest BCUT2D eigenvalue weighted by Gasteiger charge is -2.36. The Balaban J connectivity index is 1.40. The molecular formula is C19H23FN2O3. The van der Waals surface area contributed by atoms with Crippen molar-refractivity contribution >= 4 is 5.69 Å². The first-order chi connectivity index (χ1) is 12.1. The van der Waals surface area contributed by atoms with Crippen LogP contribution in [0.1, 0.15) is 0 Å². The van der Waals surface area contributed by atoms with Gasteiger partial charge in [-0.15, -0.1) is 0 Å². The van der Waals surface area contributed by atoms with Crippen molar-refractivity contribution in [2.45, 2.75) is 6.10 Å². The molecule has 0 aliphatic carbocycles. The molecule has 134 valence electrons. The topological polar surface area (TPSA) is 56.2 Å². The number of β-amino-alcohol motifs (C(OH)–C–C–N with tert-alkyl or cyclic N) is 1. The van der Waals surface area contributed by atoms with Gasteiger partial charge in [-0.2, -0.15) is 0 Å². The van der Waals surface area contributed by atoms with Crippen molar-refractivity contribution in [2.75, 3.05) is 44.2 Å². The summed E-state index contributed by atoms with van der Waals surface area (Å²) in [5.74, 6) is 0.587. The number of hydrogen-bond acceptors (Lipinski definition) is 5. The molecule has 1 aliphatic heterocycles. The molecule has 2 aromatic rings. The summed E-state index contributed by atoms with van der Waals surface area (Å²) in [6, 6.07) is 13.0. The lowest BCUT2D eigenvalue weighted by atomic mass is 10.2. The second-order valence-electron chi connectivity index (χ2n) is 6.22. The molecule has 0 radical (unpaired) electrons. The van der Waals surface area contributed by atoms with Crippen molar-refractivity contribution < 1.29 is 19.3 Å². The molecule has 2 aromatic carbocycles. The quantitative estimate of drug-likeness (QED) is 0.839. The van der Waals surface area contributed by atoms with Gasteiger partial charge in [0.2, 0.25) is 0 Å². The Morgan fingerprint density at radius 1 is 0.960 bits per heavy atom. The second-order valence-corrected chi connectivity index (χ2v) is 6.22. The lowest BCUT2D eigenvalue weighted by molar-refractivity contribution is 0.0663. The van der Waals surface area contributed by atoms with Crippen LogP contribution in [0, 0.1) is 5.82 Å². The van der Waals surface area contributed by atoms with Crippen molar-refractivity contribution in [2.24, 2.45) is 0 Å². The predicted molar refractivity (Wildman–Crippen MR) is 94.7 cm³/mol. The van der Waals surface area contributed by atoms with Crippen LogP contribution in [-0.2, 0) is 0 Å². The predicted octanol–water partition coefficient (Wildman–Crippen LogP) is 2.09. The molecule has 0 bridgehead atoms. The molecule has 1 aliphatic rings. The third kappa shape index (κ3) is 5.08. The fourth-order valence-electron chi connectivity index (χ4n) is 2.93. The van der Waals surface area contributed by atoms with Crippen LogP contribution in [0.4, 0.5) is 10.1 Å². The van der Waals surface area contributed by atoms with E-state index in [4.69, 9.17) is 4.74 Å². The Kier molecular flexibility index (Phi) is 5.73. The van der Waals surface area contributed by atoms with Gasteiger partial charge in [0.15, 0.2) is 0 Å². The van der Waals surface area contributed by atoms with E-state index in [1.807, 2.05) is 0 Å². The largest absolute Gasteiger partial charge is 0.508 e. The molecule has 0 unspecified atom stereocenters. The first-order valence-electron chi connectivity index (χ1n) is 8.43. The highest BCUT2D eigenvalue weighted by Crippen LogP contribution is 2.18. The van der Waals surface area contributed by atoms with Crippen molar-refractivity contribution in [3.05, 3.63) is 54.3 Å². The third-order valence-electron chi connectivity index (χ3n) is 4.31. The molecule has 1 atom stereocenters. The fourth-order valence-corrected chi connectivity index (χ4v) is 2.93. The van der Waals surface area contributed by atoms with Crippen LogP contribution in [-0.4, -0.2) is 60.5 Å². The minimum atomic E-state index is -0.578. The standard InChI is InChI=1S/C19H23FN2O3/c20-15-1-3-16(4-2-15)22-11-9-21(10-12-22)13-18(24)14-25-19-7-5-17(23)6-8-19/h1-8,18,23-24H,9-14H2/t18-/m1/s1. The molecular weight excluding hydrogens is 323 g/mol. The zero-order valence-corrected chi connectivity index (χ0v) is 14.0. The second kappa shape index (κ2) is 8.18. The van der Waals surface area contributed by atoms with Gasteiger partial charge < -0.3 is 19.8 Å². The average Bonchev–Trinajstić information content (AvgIpc) is 2.63. The SMILES string of the molecule is Oc1ccc(OC[C@H](O)CN2CCN(c3ccc(F)cc3)CC2)cc1. The zero-order chi connectivity index (χ0) is 17.6. The molecule has 1 fully saturated rings. The van der Waals surface area contributed by atoms with E-state index in [0.717, 1.165) is 31.9 Å². The van der Waals surface area contributed by atoms with Crippen LogP contribution in [0.3, 0.4) is 0 Å². The highest BCUT2D eigenvalue weighted by Gasteiger charge is 2.19. The third-order valence-corrected chi connectivity index (χ3v) is 4.31. The highest BCUT2D eigenvalue weighted by molar-refractivity contribution is 5.46. The number of aliphatic hydroxyl groups is 1. The van der Waals surface area contributed by atoms with Gasteiger partial charge in [-0.25, -0.2) is 4.39 Å². The summed E-state index contributed by atoms with van der Waals surface area (Å²) in [6.07, 6.45) is -0.578. The van der Waals surface area contributed by atoms with E-state index in [1.54, 1.807) is 36.4 Å². The minimum Gasteiger partial charge on any atom is -0.508 e. The Morgan fingerprint density at radius 2 is 1.60 bits per heavy atom. The highest BCUT2D eigenvalue weighted by atomic mass is 19.1. The fraction of sp³-hybridized carbons (Fsp3) is 0.368. The first-order valence-corrected chi connectivity index (χ1v) is 8.43. The summed E-state index contributed by atoms with van der Waals surface area (Å²) in [6.45, 7) is 4.13. The Hall–Kier alpha value is -2.31. The molecule has 2 N–H and O–H groups in total. The average molecular weight is 346 g/mol. The summed E-state index contributed by atoms with van der Waals surface area (Å²) in [5, 5.41) is 19.4. The lowest BCUT2D eigenvalue weighted by Crippen LogP contribution is -2.49. The summed E-state index contributed by atoms with van der Waals surface area (Å²) < 4.78 is 18.5. The summed E-state index contributed by atoms with van der Waals surface area (Å²) in [4.78, 5) is 4.42. The molecule has 5 nitrogen and oxygen atoms in total. The van der Waals surface area contributed by atoms with E-state index in [-0.39, 0.29) is 18.2 Å². The van der Waals surface area contributed by atoms with Crippen molar-refractivity contribution in [3.63, 3.8) is 0 Å². The molecule has 25 heavy (non-hydrogen) atoms. The zero-order valence-electron chi connectivity index (χ0n) is 14.0. The van der Waals surface area contributed by atoms with Gasteiger partial charge in [0.25, 0.3) is 0 Å². The number of aliphatic hydroxyl groups excluding tert-OH is 1. The minimum absolute atomic E-state index is 0.187. The van der Waals surface area contributed by atoms with Crippen molar-refractivity contribution in [1.29, 1.82) is 0 Å².